The summed E-state index contributed by atoms with van der Waals surface area (Å²) in [5.41, 5.74) is 1.05. The normalized spacial score (nSPS) is 29.8. The first-order valence-corrected chi connectivity index (χ1v) is 10.8. The quantitative estimate of drug-likeness (QED) is 0.816. The van der Waals surface area contributed by atoms with Gasteiger partial charge in [-0.1, -0.05) is 0 Å². The molecule has 0 spiro atoms. The lowest BCUT2D eigenvalue weighted by Crippen LogP contribution is -2.52. The third kappa shape index (κ3) is 3.69. The van der Waals surface area contributed by atoms with E-state index in [1.807, 2.05) is 4.68 Å². The van der Waals surface area contributed by atoms with Crippen LogP contribution in [0.25, 0.3) is 0 Å². The first-order chi connectivity index (χ1) is 13.9. The van der Waals surface area contributed by atoms with Gasteiger partial charge in [0.05, 0.1) is 18.8 Å². The van der Waals surface area contributed by atoms with Crippen LogP contribution in [-0.4, -0.2) is 76.3 Å². The number of nitrogens with zero attached hydrogens (tertiary/aromatic N) is 5. The van der Waals surface area contributed by atoms with E-state index in [0.29, 0.717) is 44.6 Å². The molecule has 9 heteroatoms. The molecule has 0 aromatic carbocycles. The van der Waals surface area contributed by atoms with Crippen LogP contribution in [0.5, 0.6) is 0 Å². The standard InChI is InChI=1S/C20H30F2N6O/c1-25-11-15-2-3-16(12-25)28(15)18-10-17-13-26(8-9-27(17)24-18)19(29)23-14-4-6-20(21,22)7-5-14/h10,14-16H,2-9,11-13H2,1H3,(H,23,29). The second-order valence-corrected chi connectivity index (χ2v) is 9.23. The molecule has 3 fully saturated rings. The van der Waals surface area contributed by atoms with Gasteiger partial charge in [-0.15, -0.1) is 0 Å². The van der Waals surface area contributed by atoms with E-state index in [1.165, 1.54) is 12.8 Å². The van der Waals surface area contributed by atoms with Gasteiger partial charge in [0.2, 0.25) is 5.92 Å². The van der Waals surface area contributed by atoms with Crippen LogP contribution in [0.2, 0.25) is 0 Å². The number of alkyl halides is 2. The first-order valence-electron chi connectivity index (χ1n) is 10.8. The summed E-state index contributed by atoms with van der Waals surface area (Å²) in [6.07, 6.45) is 2.85. The molecule has 3 aliphatic heterocycles. The highest BCUT2D eigenvalue weighted by atomic mass is 19.3. The molecule has 160 valence electrons. The van der Waals surface area contributed by atoms with Crippen molar-refractivity contribution in [2.45, 2.75) is 75.7 Å². The van der Waals surface area contributed by atoms with E-state index in [-0.39, 0.29) is 24.9 Å². The van der Waals surface area contributed by atoms with Gasteiger partial charge in [0.25, 0.3) is 0 Å². The number of piperazine rings is 1. The minimum Gasteiger partial charge on any atom is -0.347 e. The fourth-order valence-corrected chi connectivity index (χ4v) is 5.49. The molecule has 2 bridgehead atoms. The fourth-order valence-electron chi connectivity index (χ4n) is 5.49. The van der Waals surface area contributed by atoms with Crippen molar-refractivity contribution in [3.8, 4) is 0 Å². The molecule has 1 saturated carbocycles. The third-order valence-corrected chi connectivity index (χ3v) is 7.05. The van der Waals surface area contributed by atoms with Crippen LogP contribution in [0, 0.1) is 0 Å². The van der Waals surface area contributed by atoms with Crippen molar-refractivity contribution < 1.29 is 13.6 Å². The number of anilines is 1. The number of halogens is 2. The largest absolute Gasteiger partial charge is 0.347 e. The van der Waals surface area contributed by atoms with Crippen LogP contribution in [0.15, 0.2) is 6.07 Å². The highest BCUT2D eigenvalue weighted by Crippen LogP contribution is 2.35. The molecule has 5 rings (SSSR count). The number of carbonyl (C=O) groups excluding carboxylic acids is 1. The van der Waals surface area contributed by atoms with Crippen LogP contribution in [0.3, 0.4) is 0 Å². The molecule has 2 unspecified atom stereocenters. The Bertz CT molecular complexity index is 759. The Kier molecular flexibility index (Phi) is 4.68. The first kappa shape index (κ1) is 19.1. The van der Waals surface area contributed by atoms with Crippen molar-refractivity contribution >= 4 is 11.8 Å². The van der Waals surface area contributed by atoms with Crippen molar-refractivity contribution in [2.24, 2.45) is 0 Å². The molecule has 1 aliphatic carbocycles. The van der Waals surface area contributed by atoms with Gasteiger partial charge >= 0.3 is 6.03 Å². The number of aromatic nitrogens is 2. The van der Waals surface area contributed by atoms with Crippen molar-refractivity contribution in [2.75, 3.05) is 31.6 Å². The topological polar surface area (TPSA) is 56.6 Å². The molecule has 2 atom stereocenters. The summed E-state index contributed by atoms with van der Waals surface area (Å²) in [6, 6.07) is 2.90. The highest BCUT2D eigenvalue weighted by molar-refractivity contribution is 5.74. The van der Waals surface area contributed by atoms with Crippen molar-refractivity contribution in [1.29, 1.82) is 0 Å². The predicted octanol–water partition coefficient (Wildman–Crippen LogP) is 2.27. The maximum Gasteiger partial charge on any atom is 0.318 e. The van der Waals surface area contributed by atoms with E-state index in [1.54, 1.807) is 4.90 Å². The van der Waals surface area contributed by atoms with Crippen LogP contribution >= 0.6 is 0 Å². The lowest BCUT2D eigenvalue weighted by molar-refractivity contribution is -0.0398. The number of hydrogen-bond donors (Lipinski definition) is 1. The van der Waals surface area contributed by atoms with Crippen LogP contribution in [0.4, 0.5) is 19.4 Å². The van der Waals surface area contributed by atoms with Gasteiger partial charge in [0.15, 0.2) is 5.82 Å². The van der Waals surface area contributed by atoms with E-state index in [0.717, 1.165) is 24.6 Å². The summed E-state index contributed by atoms with van der Waals surface area (Å²) in [5.74, 6) is -1.53. The smallest absolute Gasteiger partial charge is 0.318 e. The van der Waals surface area contributed by atoms with E-state index in [2.05, 4.69) is 28.2 Å². The SMILES string of the molecule is CN1CC2CCC(C1)N2c1cc2n(n1)CCN(C(=O)NC1CCC(F)(F)CC1)C2. The Morgan fingerprint density at radius 3 is 2.52 bits per heavy atom. The zero-order chi connectivity index (χ0) is 20.2. The van der Waals surface area contributed by atoms with Gasteiger partial charge in [-0.3, -0.25) is 4.68 Å². The average Bonchev–Trinajstić information content (AvgIpc) is 3.21. The molecule has 1 aromatic rings. The van der Waals surface area contributed by atoms with Crippen molar-refractivity contribution in [1.82, 2.24) is 24.9 Å². The number of likely N-dealkylation sites (tertiary alicyclic amines) is 1. The molecular weight excluding hydrogens is 378 g/mol. The lowest BCUT2D eigenvalue weighted by Gasteiger charge is -2.39. The number of amides is 2. The van der Waals surface area contributed by atoms with Crippen molar-refractivity contribution in [3.63, 3.8) is 0 Å². The Morgan fingerprint density at radius 2 is 1.83 bits per heavy atom. The summed E-state index contributed by atoms with van der Waals surface area (Å²) in [7, 11) is 2.19. The van der Waals surface area contributed by atoms with Crippen LogP contribution in [0.1, 0.15) is 44.2 Å². The molecule has 4 aliphatic rings. The highest BCUT2D eigenvalue weighted by Gasteiger charge is 2.40. The summed E-state index contributed by atoms with van der Waals surface area (Å²) in [5, 5.41) is 7.81. The van der Waals surface area contributed by atoms with Gasteiger partial charge in [-0.05, 0) is 32.7 Å². The Balaban J connectivity index is 1.22. The van der Waals surface area contributed by atoms with Crippen LogP contribution in [-0.2, 0) is 13.1 Å². The number of rotatable bonds is 2. The maximum atomic E-state index is 13.3. The Morgan fingerprint density at radius 1 is 1.14 bits per heavy atom. The molecule has 1 N–H and O–H groups in total. The van der Waals surface area contributed by atoms with Gasteiger partial charge in [0.1, 0.15) is 0 Å². The fraction of sp³-hybridized carbons (Fsp3) is 0.800. The average molecular weight is 408 g/mol. The number of likely N-dealkylation sites (N-methyl/N-ethyl adjacent to an activating group) is 1. The maximum absolute atomic E-state index is 13.3. The molecule has 2 amide bonds. The third-order valence-electron chi connectivity index (χ3n) is 7.05. The summed E-state index contributed by atoms with van der Waals surface area (Å²) < 4.78 is 28.7. The van der Waals surface area contributed by atoms with Gasteiger partial charge in [-0.25, -0.2) is 13.6 Å². The van der Waals surface area contributed by atoms with E-state index in [4.69, 9.17) is 5.10 Å². The number of nitrogens with one attached hydrogen (secondary N) is 1. The molecule has 1 aromatic heterocycles. The number of carbonyl (C=O) groups is 1. The minimum absolute atomic E-state index is 0.137. The molecule has 0 radical (unpaired) electrons. The number of fused-ring (bicyclic) bond motifs is 3. The summed E-state index contributed by atoms with van der Waals surface area (Å²) >= 11 is 0. The monoisotopic (exact) mass is 408 g/mol. The predicted molar refractivity (Wildman–Crippen MR) is 105 cm³/mol. The molecular formula is C20H30F2N6O. The van der Waals surface area contributed by atoms with Gasteiger partial charge < -0.3 is 20.0 Å². The molecule has 29 heavy (non-hydrogen) atoms. The Labute approximate surface area is 170 Å². The van der Waals surface area contributed by atoms with E-state index < -0.39 is 5.92 Å². The summed E-state index contributed by atoms with van der Waals surface area (Å²) in [6.45, 7) is 3.94. The molecule has 7 nitrogen and oxygen atoms in total. The van der Waals surface area contributed by atoms with Gasteiger partial charge in [-0.2, -0.15) is 5.10 Å². The molecule has 4 heterocycles. The lowest BCUT2D eigenvalue weighted by atomic mass is 9.92. The molecule has 2 saturated heterocycles. The zero-order valence-electron chi connectivity index (χ0n) is 17.0. The number of urea groups is 1. The minimum atomic E-state index is -2.57. The Hall–Kier alpha value is -1.90. The zero-order valence-corrected chi connectivity index (χ0v) is 17.0. The second kappa shape index (κ2) is 7.11. The second-order valence-electron chi connectivity index (χ2n) is 9.23. The van der Waals surface area contributed by atoms with Crippen LogP contribution < -0.4 is 10.2 Å². The van der Waals surface area contributed by atoms with Crippen molar-refractivity contribution in [3.05, 3.63) is 11.8 Å². The van der Waals surface area contributed by atoms with Gasteiger partial charge in [0, 0.05) is 56.7 Å². The summed E-state index contributed by atoms with van der Waals surface area (Å²) in [4.78, 5) is 19.4. The van der Waals surface area contributed by atoms with E-state index in [9.17, 15) is 13.6 Å². The number of hydrogen-bond acceptors (Lipinski definition) is 4. The van der Waals surface area contributed by atoms with E-state index >= 15 is 0 Å².